The number of aliphatic hydroxyl groups is 1. The van der Waals surface area contributed by atoms with Crippen LogP contribution in [0.4, 0.5) is 10.1 Å². The topological polar surface area (TPSA) is 78.9 Å². The van der Waals surface area contributed by atoms with Gasteiger partial charge in [0.25, 0.3) is 0 Å². The Bertz CT molecular complexity index is 825. The maximum Gasteiger partial charge on any atom is 0.249 e. The van der Waals surface area contributed by atoms with Crippen molar-refractivity contribution in [2.75, 3.05) is 18.5 Å². The molecule has 2 aromatic rings. The molecule has 1 aliphatic rings. The summed E-state index contributed by atoms with van der Waals surface area (Å²) in [7, 11) is 0. The molecule has 1 fully saturated rings. The van der Waals surface area contributed by atoms with Gasteiger partial charge in [0.05, 0.1) is 12.6 Å². The smallest absolute Gasteiger partial charge is 0.249 e. The van der Waals surface area contributed by atoms with Gasteiger partial charge in [-0.2, -0.15) is 0 Å². The van der Waals surface area contributed by atoms with E-state index in [1.165, 1.54) is 17.9 Å². The predicted octanol–water partition coefficient (Wildman–Crippen LogP) is 2.25. The van der Waals surface area contributed by atoms with E-state index in [9.17, 15) is 19.1 Å². The van der Waals surface area contributed by atoms with E-state index in [-0.39, 0.29) is 31.6 Å². The van der Waals surface area contributed by atoms with Gasteiger partial charge in [0.15, 0.2) is 0 Å². The minimum absolute atomic E-state index is 0.0561. The Balaban J connectivity index is 1.80. The number of amides is 2. The molecule has 3 rings (SSSR count). The molecule has 0 radical (unpaired) electrons. The lowest BCUT2D eigenvalue weighted by Crippen LogP contribution is -2.51. The van der Waals surface area contributed by atoms with Crippen molar-refractivity contribution in [3.63, 3.8) is 0 Å². The summed E-state index contributed by atoms with van der Waals surface area (Å²) in [6.45, 7) is 1.52. The molecular formula is C20H21FN2O4. The number of morpholine rings is 1. The number of aliphatic hydroxyl groups excluding tert-OH is 1. The normalized spacial score (nSPS) is 18.3. The molecule has 0 saturated carbocycles. The number of carbonyl (C=O) groups is 2. The molecule has 0 aliphatic carbocycles. The van der Waals surface area contributed by atoms with Crippen molar-refractivity contribution in [1.29, 1.82) is 0 Å². The average Bonchev–Trinajstić information content (AvgIpc) is 2.64. The first-order chi connectivity index (χ1) is 13.0. The third-order valence-electron chi connectivity index (χ3n) is 4.47. The van der Waals surface area contributed by atoms with E-state index in [2.05, 4.69) is 5.32 Å². The number of nitrogens with zero attached hydrogens (tertiary/aromatic N) is 1. The first-order valence-corrected chi connectivity index (χ1v) is 8.62. The van der Waals surface area contributed by atoms with Crippen LogP contribution in [0, 0.1) is 5.82 Å². The van der Waals surface area contributed by atoms with Gasteiger partial charge >= 0.3 is 0 Å². The fourth-order valence-electron chi connectivity index (χ4n) is 3.09. The Labute approximate surface area is 156 Å². The van der Waals surface area contributed by atoms with Crippen LogP contribution in [0.1, 0.15) is 24.2 Å². The summed E-state index contributed by atoms with van der Waals surface area (Å²) in [6, 6.07) is 12.3. The number of halogens is 1. The lowest BCUT2D eigenvalue weighted by atomic mass is 9.99. The van der Waals surface area contributed by atoms with Gasteiger partial charge in [0.1, 0.15) is 18.5 Å². The van der Waals surface area contributed by atoms with Gasteiger partial charge in [0.2, 0.25) is 11.8 Å². The van der Waals surface area contributed by atoms with Crippen molar-refractivity contribution >= 4 is 17.5 Å². The summed E-state index contributed by atoms with van der Waals surface area (Å²) in [5.74, 6) is -0.890. The second-order valence-corrected chi connectivity index (χ2v) is 6.44. The second kappa shape index (κ2) is 8.28. The van der Waals surface area contributed by atoms with Crippen LogP contribution in [-0.4, -0.2) is 41.1 Å². The van der Waals surface area contributed by atoms with Crippen molar-refractivity contribution in [1.82, 2.24) is 4.90 Å². The zero-order valence-electron chi connectivity index (χ0n) is 14.9. The average molecular weight is 372 g/mol. The fraction of sp³-hybridized carbons (Fsp3) is 0.300. The minimum atomic E-state index is -1.01. The van der Waals surface area contributed by atoms with Crippen LogP contribution in [0.2, 0.25) is 0 Å². The first-order valence-electron chi connectivity index (χ1n) is 8.62. The van der Waals surface area contributed by atoms with Gasteiger partial charge in [0, 0.05) is 24.7 Å². The summed E-state index contributed by atoms with van der Waals surface area (Å²) in [4.78, 5) is 24.9. The molecule has 2 aromatic carbocycles. The Morgan fingerprint density at radius 1 is 1.30 bits per heavy atom. The van der Waals surface area contributed by atoms with Gasteiger partial charge in [-0.15, -0.1) is 0 Å². The molecule has 1 saturated heterocycles. The van der Waals surface area contributed by atoms with Gasteiger partial charge in [-0.25, -0.2) is 4.39 Å². The fourth-order valence-corrected chi connectivity index (χ4v) is 3.09. The zero-order valence-corrected chi connectivity index (χ0v) is 14.9. The standard InChI is InChI=1S/C20H21FN2O4/c1-13(24)22-16-8-6-14(7-9-16)20(26)18-11-27-12-19(25)23(18)10-15-4-2-3-5-17(15)21/h2-9,18,20,26H,10-12H2,1H3,(H,22,24)/t18-,20?/m1/s1. The van der Waals surface area contributed by atoms with Gasteiger partial charge in [-0.05, 0) is 23.8 Å². The molecule has 0 spiro atoms. The number of ether oxygens (including phenoxy) is 1. The van der Waals surface area contributed by atoms with Crippen molar-refractivity contribution < 1.29 is 23.8 Å². The Morgan fingerprint density at radius 3 is 2.67 bits per heavy atom. The van der Waals surface area contributed by atoms with E-state index in [0.29, 0.717) is 16.8 Å². The quantitative estimate of drug-likeness (QED) is 0.844. The molecule has 0 aromatic heterocycles. The Kier molecular flexibility index (Phi) is 5.83. The first kappa shape index (κ1) is 19.0. The SMILES string of the molecule is CC(=O)Nc1ccc(C(O)[C@H]2COCC(=O)N2Cc2ccccc2F)cc1. The number of hydrogen-bond donors (Lipinski definition) is 2. The third-order valence-corrected chi connectivity index (χ3v) is 4.47. The van der Waals surface area contributed by atoms with E-state index in [1.807, 2.05) is 0 Å². The maximum atomic E-state index is 14.0. The van der Waals surface area contributed by atoms with Crippen LogP contribution < -0.4 is 5.32 Å². The molecular weight excluding hydrogens is 351 g/mol. The van der Waals surface area contributed by atoms with Crippen molar-refractivity contribution in [2.45, 2.75) is 25.6 Å². The van der Waals surface area contributed by atoms with Crippen LogP contribution in [0.5, 0.6) is 0 Å². The van der Waals surface area contributed by atoms with Gasteiger partial charge < -0.3 is 20.1 Å². The van der Waals surface area contributed by atoms with Crippen LogP contribution in [0.3, 0.4) is 0 Å². The molecule has 2 amide bonds. The second-order valence-electron chi connectivity index (χ2n) is 6.44. The highest BCUT2D eigenvalue weighted by molar-refractivity contribution is 5.88. The molecule has 1 heterocycles. The van der Waals surface area contributed by atoms with E-state index in [1.54, 1.807) is 42.5 Å². The van der Waals surface area contributed by atoms with Crippen LogP contribution >= 0.6 is 0 Å². The Hall–Kier alpha value is -2.77. The highest BCUT2D eigenvalue weighted by atomic mass is 19.1. The van der Waals surface area contributed by atoms with Crippen LogP contribution in [-0.2, 0) is 20.9 Å². The van der Waals surface area contributed by atoms with E-state index >= 15 is 0 Å². The number of hydrogen-bond acceptors (Lipinski definition) is 4. The molecule has 27 heavy (non-hydrogen) atoms. The lowest BCUT2D eigenvalue weighted by Gasteiger charge is -2.38. The molecule has 6 nitrogen and oxygen atoms in total. The highest BCUT2D eigenvalue weighted by Crippen LogP contribution is 2.27. The van der Waals surface area contributed by atoms with Gasteiger partial charge in [-0.1, -0.05) is 30.3 Å². The minimum Gasteiger partial charge on any atom is -0.386 e. The van der Waals surface area contributed by atoms with Crippen LogP contribution in [0.25, 0.3) is 0 Å². The summed E-state index contributed by atoms with van der Waals surface area (Å²) in [5.41, 5.74) is 1.56. The lowest BCUT2D eigenvalue weighted by molar-refractivity contribution is -0.155. The summed E-state index contributed by atoms with van der Waals surface area (Å²) in [6.07, 6.45) is -1.01. The number of rotatable bonds is 5. The number of anilines is 1. The van der Waals surface area contributed by atoms with E-state index in [0.717, 1.165) is 0 Å². The summed E-state index contributed by atoms with van der Waals surface area (Å²) >= 11 is 0. The molecule has 0 bridgehead atoms. The monoisotopic (exact) mass is 372 g/mol. The van der Waals surface area contributed by atoms with Crippen LogP contribution in [0.15, 0.2) is 48.5 Å². The Morgan fingerprint density at radius 2 is 2.00 bits per heavy atom. The number of carbonyl (C=O) groups excluding carboxylic acids is 2. The molecule has 2 atom stereocenters. The summed E-state index contributed by atoms with van der Waals surface area (Å²) < 4.78 is 19.3. The number of benzene rings is 2. The number of nitrogens with one attached hydrogen (secondary N) is 1. The predicted molar refractivity (Wildman–Crippen MR) is 97.3 cm³/mol. The highest BCUT2D eigenvalue weighted by Gasteiger charge is 2.35. The molecule has 1 aliphatic heterocycles. The maximum absolute atomic E-state index is 14.0. The van der Waals surface area contributed by atoms with Gasteiger partial charge in [-0.3, -0.25) is 9.59 Å². The zero-order chi connectivity index (χ0) is 19.4. The van der Waals surface area contributed by atoms with Crippen molar-refractivity contribution in [3.05, 3.63) is 65.5 Å². The molecule has 142 valence electrons. The largest absolute Gasteiger partial charge is 0.386 e. The molecule has 7 heteroatoms. The molecule has 1 unspecified atom stereocenters. The molecule has 2 N–H and O–H groups in total. The van der Waals surface area contributed by atoms with E-state index < -0.39 is 18.0 Å². The van der Waals surface area contributed by atoms with Crippen molar-refractivity contribution in [3.8, 4) is 0 Å². The van der Waals surface area contributed by atoms with Crippen molar-refractivity contribution in [2.24, 2.45) is 0 Å². The summed E-state index contributed by atoms with van der Waals surface area (Å²) in [5, 5.41) is 13.5. The third kappa shape index (κ3) is 4.50. The van der Waals surface area contributed by atoms with E-state index in [4.69, 9.17) is 4.74 Å².